The SMILES string of the molecule is CCCCC(OCc1ccccc1)C(O)CO. The highest BCUT2D eigenvalue weighted by atomic mass is 16.5. The number of ether oxygens (including phenoxy) is 1. The minimum absolute atomic E-state index is 0.247. The van der Waals surface area contributed by atoms with Crippen LogP contribution in [0.25, 0.3) is 0 Å². The average molecular weight is 238 g/mol. The van der Waals surface area contributed by atoms with Crippen LogP contribution in [0.1, 0.15) is 31.7 Å². The molecule has 96 valence electrons. The predicted molar refractivity (Wildman–Crippen MR) is 67.6 cm³/mol. The van der Waals surface area contributed by atoms with Crippen LogP contribution in [0.3, 0.4) is 0 Å². The molecule has 0 radical (unpaired) electrons. The van der Waals surface area contributed by atoms with E-state index in [1.807, 2.05) is 30.3 Å². The Labute approximate surface area is 103 Å². The lowest BCUT2D eigenvalue weighted by Gasteiger charge is -2.21. The molecule has 3 heteroatoms. The van der Waals surface area contributed by atoms with Crippen LogP contribution in [0, 0.1) is 0 Å². The van der Waals surface area contributed by atoms with Gasteiger partial charge in [-0.3, -0.25) is 0 Å². The highest BCUT2D eigenvalue weighted by Crippen LogP contribution is 2.12. The highest BCUT2D eigenvalue weighted by Gasteiger charge is 2.18. The summed E-state index contributed by atoms with van der Waals surface area (Å²) in [6, 6.07) is 9.86. The monoisotopic (exact) mass is 238 g/mol. The van der Waals surface area contributed by atoms with E-state index in [4.69, 9.17) is 9.84 Å². The number of hydrogen-bond donors (Lipinski definition) is 2. The Morgan fingerprint density at radius 3 is 2.53 bits per heavy atom. The Bertz CT molecular complexity index is 287. The first-order valence-electron chi connectivity index (χ1n) is 6.22. The van der Waals surface area contributed by atoms with Gasteiger partial charge >= 0.3 is 0 Å². The smallest absolute Gasteiger partial charge is 0.103 e. The van der Waals surface area contributed by atoms with Crippen LogP contribution in [0.5, 0.6) is 0 Å². The minimum atomic E-state index is -0.787. The Morgan fingerprint density at radius 2 is 1.94 bits per heavy atom. The Hall–Kier alpha value is -0.900. The summed E-state index contributed by atoms with van der Waals surface area (Å²) >= 11 is 0. The molecule has 2 atom stereocenters. The van der Waals surface area contributed by atoms with Crippen molar-refractivity contribution < 1.29 is 14.9 Å². The molecule has 0 aliphatic heterocycles. The van der Waals surface area contributed by atoms with Crippen molar-refractivity contribution in [1.29, 1.82) is 0 Å². The number of rotatable bonds is 8. The van der Waals surface area contributed by atoms with Crippen molar-refractivity contribution in [2.45, 2.75) is 45.0 Å². The first kappa shape index (κ1) is 14.2. The highest BCUT2D eigenvalue weighted by molar-refractivity contribution is 5.13. The zero-order valence-corrected chi connectivity index (χ0v) is 10.4. The molecule has 0 spiro atoms. The number of aliphatic hydroxyl groups is 2. The molecule has 0 amide bonds. The maximum Gasteiger partial charge on any atom is 0.103 e. The molecule has 0 saturated heterocycles. The van der Waals surface area contributed by atoms with Crippen LogP contribution in [0.2, 0.25) is 0 Å². The molecule has 0 aliphatic rings. The molecule has 17 heavy (non-hydrogen) atoms. The minimum Gasteiger partial charge on any atom is -0.394 e. The van der Waals surface area contributed by atoms with E-state index in [0.29, 0.717) is 6.61 Å². The van der Waals surface area contributed by atoms with Gasteiger partial charge in [-0.05, 0) is 12.0 Å². The summed E-state index contributed by atoms with van der Waals surface area (Å²) in [5.41, 5.74) is 1.08. The third kappa shape index (κ3) is 5.31. The molecule has 0 aliphatic carbocycles. The lowest BCUT2D eigenvalue weighted by atomic mass is 10.1. The van der Waals surface area contributed by atoms with Crippen molar-refractivity contribution in [3.8, 4) is 0 Å². The van der Waals surface area contributed by atoms with Crippen LogP contribution in [-0.2, 0) is 11.3 Å². The molecule has 0 fully saturated rings. The normalized spacial score (nSPS) is 14.5. The lowest BCUT2D eigenvalue weighted by molar-refractivity contribution is -0.0689. The van der Waals surface area contributed by atoms with E-state index in [-0.39, 0.29) is 12.7 Å². The van der Waals surface area contributed by atoms with E-state index in [2.05, 4.69) is 6.92 Å². The molecule has 0 heterocycles. The van der Waals surface area contributed by atoms with Gasteiger partial charge in [-0.1, -0.05) is 50.1 Å². The van der Waals surface area contributed by atoms with Gasteiger partial charge in [-0.25, -0.2) is 0 Å². The Kier molecular flexibility index (Phi) is 6.86. The second kappa shape index (κ2) is 8.23. The summed E-state index contributed by atoms with van der Waals surface area (Å²) in [6.07, 6.45) is 1.77. The molecule has 0 aromatic heterocycles. The van der Waals surface area contributed by atoms with E-state index >= 15 is 0 Å². The maximum absolute atomic E-state index is 9.65. The van der Waals surface area contributed by atoms with Gasteiger partial charge in [0.1, 0.15) is 6.10 Å². The van der Waals surface area contributed by atoms with E-state index in [1.54, 1.807) is 0 Å². The molecule has 1 aromatic rings. The second-order valence-corrected chi connectivity index (χ2v) is 4.23. The van der Waals surface area contributed by atoms with E-state index in [1.165, 1.54) is 0 Å². The summed E-state index contributed by atoms with van der Waals surface area (Å²) in [6.45, 7) is 2.33. The van der Waals surface area contributed by atoms with E-state index < -0.39 is 6.10 Å². The standard InChI is InChI=1S/C14H22O3/c1-2-3-9-14(13(16)10-15)17-11-12-7-5-4-6-8-12/h4-8,13-16H,2-3,9-11H2,1H3. The molecular weight excluding hydrogens is 216 g/mol. The number of hydrogen-bond acceptors (Lipinski definition) is 3. The molecule has 0 bridgehead atoms. The van der Waals surface area contributed by atoms with Crippen molar-refractivity contribution in [2.24, 2.45) is 0 Å². The lowest BCUT2D eigenvalue weighted by Crippen LogP contribution is -2.32. The molecule has 3 nitrogen and oxygen atoms in total. The first-order valence-corrected chi connectivity index (χ1v) is 6.22. The van der Waals surface area contributed by atoms with Crippen LogP contribution in [0.4, 0.5) is 0 Å². The Morgan fingerprint density at radius 1 is 1.24 bits per heavy atom. The van der Waals surface area contributed by atoms with Gasteiger partial charge in [0.15, 0.2) is 0 Å². The molecule has 1 rings (SSSR count). The summed E-state index contributed by atoms with van der Waals surface area (Å²) in [5, 5.41) is 18.6. The quantitative estimate of drug-likeness (QED) is 0.729. The van der Waals surface area contributed by atoms with Gasteiger partial charge in [0.05, 0.1) is 19.3 Å². The summed E-state index contributed by atoms with van der Waals surface area (Å²) in [7, 11) is 0. The number of benzene rings is 1. The maximum atomic E-state index is 9.65. The fourth-order valence-electron chi connectivity index (χ4n) is 1.69. The van der Waals surface area contributed by atoms with Gasteiger partial charge in [0.25, 0.3) is 0 Å². The van der Waals surface area contributed by atoms with Gasteiger partial charge in [0, 0.05) is 0 Å². The summed E-state index contributed by atoms with van der Waals surface area (Å²) < 4.78 is 5.67. The zero-order valence-electron chi connectivity index (χ0n) is 10.4. The van der Waals surface area contributed by atoms with Crippen LogP contribution < -0.4 is 0 Å². The summed E-state index contributed by atoms with van der Waals surface area (Å²) in [5.74, 6) is 0. The van der Waals surface area contributed by atoms with Crippen LogP contribution >= 0.6 is 0 Å². The predicted octanol–water partition coefficient (Wildman–Crippen LogP) is 2.12. The van der Waals surface area contributed by atoms with E-state index in [9.17, 15) is 5.11 Å². The average Bonchev–Trinajstić information content (AvgIpc) is 2.39. The topological polar surface area (TPSA) is 49.7 Å². The van der Waals surface area contributed by atoms with Gasteiger partial charge in [0.2, 0.25) is 0 Å². The molecule has 2 unspecified atom stereocenters. The van der Waals surface area contributed by atoms with Crippen molar-refractivity contribution in [2.75, 3.05) is 6.61 Å². The third-order valence-corrected chi connectivity index (χ3v) is 2.77. The van der Waals surface area contributed by atoms with Gasteiger partial charge in [-0.15, -0.1) is 0 Å². The number of aliphatic hydroxyl groups excluding tert-OH is 2. The fourth-order valence-corrected chi connectivity index (χ4v) is 1.69. The van der Waals surface area contributed by atoms with Crippen molar-refractivity contribution in [3.63, 3.8) is 0 Å². The van der Waals surface area contributed by atoms with Gasteiger partial charge < -0.3 is 14.9 Å². The Balaban J connectivity index is 2.43. The molecular formula is C14H22O3. The van der Waals surface area contributed by atoms with Crippen LogP contribution in [-0.4, -0.2) is 29.0 Å². The van der Waals surface area contributed by atoms with Crippen LogP contribution in [0.15, 0.2) is 30.3 Å². The zero-order chi connectivity index (χ0) is 12.5. The first-order chi connectivity index (χ1) is 8.27. The fraction of sp³-hybridized carbons (Fsp3) is 0.571. The van der Waals surface area contributed by atoms with E-state index in [0.717, 1.165) is 24.8 Å². The third-order valence-electron chi connectivity index (χ3n) is 2.77. The van der Waals surface area contributed by atoms with Crippen molar-refractivity contribution in [3.05, 3.63) is 35.9 Å². The van der Waals surface area contributed by atoms with Crippen molar-refractivity contribution >= 4 is 0 Å². The molecule has 0 saturated carbocycles. The molecule has 2 N–H and O–H groups in total. The summed E-state index contributed by atoms with van der Waals surface area (Å²) in [4.78, 5) is 0. The number of unbranched alkanes of at least 4 members (excludes halogenated alkanes) is 1. The van der Waals surface area contributed by atoms with Crippen molar-refractivity contribution in [1.82, 2.24) is 0 Å². The largest absolute Gasteiger partial charge is 0.394 e. The second-order valence-electron chi connectivity index (χ2n) is 4.23. The van der Waals surface area contributed by atoms with Gasteiger partial charge in [-0.2, -0.15) is 0 Å². The molecule has 1 aromatic carbocycles.